The van der Waals surface area contributed by atoms with Crippen LogP contribution >= 0.6 is 0 Å². The van der Waals surface area contributed by atoms with Gasteiger partial charge in [0.2, 0.25) is 6.08 Å². The molecule has 0 fully saturated rings. The van der Waals surface area contributed by atoms with Crippen LogP contribution in [0.1, 0.15) is 11.1 Å². The Balaban J connectivity index is 2.21. The second kappa shape index (κ2) is 5.99. The molecule has 2 rings (SSSR count). The molecule has 0 aliphatic carbocycles. The second-order valence-corrected chi connectivity index (χ2v) is 4.14. The second-order valence-electron chi connectivity index (χ2n) is 4.14. The van der Waals surface area contributed by atoms with Crippen LogP contribution in [0.4, 0.5) is 10.1 Å². The number of para-hydroxylation sites is 1. The first-order valence-corrected chi connectivity index (χ1v) is 5.90. The highest BCUT2D eigenvalue weighted by Gasteiger charge is 2.10. The zero-order valence-electron chi connectivity index (χ0n) is 10.8. The molecule has 1 N–H and O–H groups in total. The smallest absolute Gasteiger partial charge is 0.240 e. The average Bonchev–Trinajstić information content (AvgIpc) is 2.46. The molecule has 0 bridgehead atoms. The lowest BCUT2D eigenvalue weighted by Gasteiger charge is -2.11. The number of hydrogen-bond acceptors (Lipinski definition) is 4. The first-order chi connectivity index (χ1) is 9.63. The quantitative estimate of drug-likeness (QED) is 0.686. The summed E-state index contributed by atoms with van der Waals surface area (Å²) in [7, 11) is 0. The Morgan fingerprint density at radius 3 is 2.80 bits per heavy atom. The summed E-state index contributed by atoms with van der Waals surface area (Å²) in [5.74, 6) is -0.798. The lowest BCUT2D eigenvalue weighted by Crippen LogP contribution is -1.98. The summed E-state index contributed by atoms with van der Waals surface area (Å²) in [6.45, 7) is 1.65. The summed E-state index contributed by atoms with van der Waals surface area (Å²) in [5, 5.41) is 9.24. The molecule has 102 valence electrons. The van der Waals surface area contributed by atoms with Crippen molar-refractivity contribution >= 4 is 11.8 Å². The molecular formula is C15H12FNO3. The van der Waals surface area contributed by atoms with Gasteiger partial charge < -0.3 is 9.84 Å². The number of phenolic OH excluding ortho intramolecular Hbond substituents is 1. The summed E-state index contributed by atoms with van der Waals surface area (Å²) >= 11 is 0. The van der Waals surface area contributed by atoms with Crippen LogP contribution in [0.5, 0.6) is 11.5 Å². The molecule has 20 heavy (non-hydrogen) atoms. The molecule has 4 nitrogen and oxygen atoms in total. The van der Waals surface area contributed by atoms with Gasteiger partial charge in [0.05, 0.1) is 5.69 Å². The standard InChI is InChI=1S/C15H12FNO3/c1-10-14(7-6-13(19)15(10)16)20-8-11-4-2-3-5-12(11)17-9-18/h2-7,19H,8H2,1H3. The molecule has 0 atom stereocenters. The van der Waals surface area contributed by atoms with Crippen molar-refractivity contribution in [3.63, 3.8) is 0 Å². The van der Waals surface area contributed by atoms with Gasteiger partial charge in [0.15, 0.2) is 11.6 Å². The fourth-order valence-electron chi connectivity index (χ4n) is 1.76. The Kier molecular flexibility index (Phi) is 4.13. The van der Waals surface area contributed by atoms with Crippen LogP contribution in [0.25, 0.3) is 0 Å². The number of nitrogens with zero attached hydrogens (tertiary/aromatic N) is 1. The van der Waals surface area contributed by atoms with Crippen LogP contribution in [0.2, 0.25) is 0 Å². The largest absolute Gasteiger partial charge is 0.505 e. The highest BCUT2D eigenvalue weighted by atomic mass is 19.1. The lowest BCUT2D eigenvalue weighted by molar-refractivity contribution is 0.300. The minimum Gasteiger partial charge on any atom is -0.505 e. The van der Waals surface area contributed by atoms with Crippen molar-refractivity contribution in [1.82, 2.24) is 0 Å². The first-order valence-electron chi connectivity index (χ1n) is 5.90. The molecule has 0 saturated heterocycles. The molecule has 2 aromatic rings. The normalized spacial score (nSPS) is 9.90. The van der Waals surface area contributed by atoms with Crippen LogP contribution < -0.4 is 4.74 Å². The lowest BCUT2D eigenvalue weighted by atomic mass is 10.2. The molecule has 2 aromatic carbocycles. The van der Waals surface area contributed by atoms with E-state index in [0.29, 0.717) is 17.0 Å². The van der Waals surface area contributed by atoms with E-state index in [0.717, 1.165) is 0 Å². The van der Waals surface area contributed by atoms with Crippen LogP contribution in [-0.4, -0.2) is 11.2 Å². The van der Waals surface area contributed by atoms with Crippen molar-refractivity contribution in [3.8, 4) is 11.5 Å². The molecule has 0 saturated carbocycles. The minimum atomic E-state index is -0.707. The average molecular weight is 273 g/mol. The van der Waals surface area contributed by atoms with E-state index < -0.39 is 11.6 Å². The van der Waals surface area contributed by atoms with E-state index in [4.69, 9.17) is 4.74 Å². The molecule has 0 radical (unpaired) electrons. The van der Waals surface area contributed by atoms with Gasteiger partial charge in [-0.1, -0.05) is 18.2 Å². The Labute approximate surface area is 115 Å². The molecule has 0 aromatic heterocycles. The van der Waals surface area contributed by atoms with Crippen LogP contribution in [0.3, 0.4) is 0 Å². The van der Waals surface area contributed by atoms with E-state index in [1.165, 1.54) is 25.1 Å². The minimum absolute atomic E-state index is 0.131. The van der Waals surface area contributed by atoms with Gasteiger partial charge in [-0.25, -0.2) is 9.18 Å². The molecular weight excluding hydrogens is 261 g/mol. The predicted octanol–water partition coefficient (Wildman–Crippen LogP) is 3.39. The van der Waals surface area contributed by atoms with Crippen molar-refractivity contribution in [2.45, 2.75) is 13.5 Å². The number of rotatable bonds is 4. The SMILES string of the molecule is Cc1c(OCc2ccccc2N=C=O)ccc(O)c1F. The molecule has 0 aliphatic heterocycles. The number of carbonyl (C=O) groups excluding carboxylic acids is 1. The molecule has 0 amide bonds. The summed E-state index contributed by atoms with van der Waals surface area (Å²) in [6.07, 6.45) is 1.48. The zero-order chi connectivity index (χ0) is 14.5. The summed E-state index contributed by atoms with van der Waals surface area (Å²) in [5.41, 5.74) is 1.37. The van der Waals surface area contributed by atoms with E-state index in [2.05, 4.69) is 4.99 Å². The van der Waals surface area contributed by atoms with Gasteiger partial charge in [-0.05, 0) is 25.1 Å². The van der Waals surface area contributed by atoms with Crippen LogP contribution in [-0.2, 0) is 11.4 Å². The summed E-state index contributed by atoms with van der Waals surface area (Å²) in [6, 6.07) is 9.65. The Morgan fingerprint density at radius 1 is 1.30 bits per heavy atom. The number of hydrogen-bond donors (Lipinski definition) is 1. The maximum absolute atomic E-state index is 13.5. The molecule has 0 aliphatic rings. The van der Waals surface area contributed by atoms with Gasteiger partial charge in [0.1, 0.15) is 12.4 Å². The fraction of sp³-hybridized carbons (Fsp3) is 0.133. The number of aromatic hydroxyl groups is 1. The topological polar surface area (TPSA) is 58.9 Å². The van der Waals surface area contributed by atoms with E-state index in [1.807, 2.05) is 0 Å². The van der Waals surface area contributed by atoms with Gasteiger partial charge in [-0.3, -0.25) is 0 Å². The third-order valence-electron chi connectivity index (χ3n) is 2.86. The molecule has 0 heterocycles. The monoisotopic (exact) mass is 273 g/mol. The van der Waals surface area contributed by atoms with Gasteiger partial charge >= 0.3 is 0 Å². The zero-order valence-corrected chi connectivity index (χ0v) is 10.8. The highest BCUT2D eigenvalue weighted by molar-refractivity contribution is 5.53. The van der Waals surface area contributed by atoms with Crippen LogP contribution in [0, 0.1) is 12.7 Å². The van der Waals surface area contributed by atoms with E-state index in [9.17, 15) is 14.3 Å². The van der Waals surface area contributed by atoms with Crippen molar-refractivity contribution in [2.24, 2.45) is 4.99 Å². The Morgan fingerprint density at radius 2 is 2.05 bits per heavy atom. The number of isocyanates is 1. The summed E-state index contributed by atoms with van der Waals surface area (Å²) in [4.78, 5) is 13.9. The number of ether oxygens (including phenoxy) is 1. The van der Waals surface area contributed by atoms with Gasteiger partial charge in [0, 0.05) is 11.1 Å². The van der Waals surface area contributed by atoms with Crippen molar-refractivity contribution in [1.29, 1.82) is 0 Å². The molecule has 0 spiro atoms. The maximum Gasteiger partial charge on any atom is 0.240 e. The summed E-state index contributed by atoms with van der Waals surface area (Å²) < 4.78 is 19.0. The van der Waals surface area contributed by atoms with Gasteiger partial charge in [-0.15, -0.1) is 0 Å². The first kappa shape index (κ1) is 13.8. The van der Waals surface area contributed by atoms with Gasteiger partial charge in [0.25, 0.3) is 0 Å². The number of phenols is 1. The Bertz CT molecular complexity index is 679. The van der Waals surface area contributed by atoms with E-state index >= 15 is 0 Å². The maximum atomic E-state index is 13.5. The molecule has 0 unspecified atom stereocenters. The highest BCUT2D eigenvalue weighted by Crippen LogP contribution is 2.28. The third kappa shape index (κ3) is 2.84. The van der Waals surface area contributed by atoms with Crippen molar-refractivity contribution in [3.05, 3.63) is 53.3 Å². The fourth-order valence-corrected chi connectivity index (χ4v) is 1.76. The Hall–Kier alpha value is -2.65. The van der Waals surface area contributed by atoms with Crippen LogP contribution in [0.15, 0.2) is 41.4 Å². The van der Waals surface area contributed by atoms with Crippen molar-refractivity contribution < 1.29 is 19.0 Å². The number of halogens is 1. The molecule has 5 heteroatoms. The number of aliphatic imine (C=N–C) groups is 1. The van der Waals surface area contributed by atoms with E-state index in [1.54, 1.807) is 24.3 Å². The third-order valence-corrected chi connectivity index (χ3v) is 2.86. The van der Waals surface area contributed by atoms with Crippen molar-refractivity contribution in [2.75, 3.05) is 0 Å². The number of benzene rings is 2. The van der Waals surface area contributed by atoms with E-state index in [-0.39, 0.29) is 12.2 Å². The predicted molar refractivity (Wildman–Crippen MR) is 71.4 cm³/mol. The van der Waals surface area contributed by atoms with Gasteiger partial charge in [-0.2, -0.15) is 4.99 Å².